The van der Waals surface area contributed by atoms with E-state index in [0.29, 0.717) is 43.9 Å². The number of likely N-dealkylation sites (N-methyl/N-ethyl adjacent to an activating group) is 1. The first-order chi connectivity index (χ1) is 20.0. The largest absolute Gasteiger partial charge is 0.416 e. The van der Waals surface area contributed by atoms with Gasteiger partial charge in [-0.15, -0.1) is 0 Å². The average molecular weight is 585 g/mol. The highest BCUT2D eigenvalue weighted by atomic mass is 19.4. The molecule has 3 aliphatic heterocycles. The maximum atomic E-state index is 14.1. The van der Waals surface area contributed by atoms with Gasteiger partial charge in [0.15, 0.2) is 5.69 Å². The number of alkyl halides is 3. The third-order valence-electron chi connectivity index (χ3n) is 8.95. The number of nitrogens with one attached hydrogen (secondary N) is 1. The summed E-state index contributed by atoms with van der Waals surface area (Å²) in [6, 6.07) is 4.38. The predicted molar refractivity (Wildman–Crippen MR) is 143 cm³/mol. The molecule has 1 aliphatic carbocycles. The van der Waals surface area contributed by atoms with E-state index in [1.54, 1.807) is 23.4 Å². The lowest BCUT2D eigenvalue weighted by molar-refractivity contribution is -0.137. The van der Waals surface area contributed by atoms with Gasteiger partial charge in [-0.05, 0) is 56.7 Å². The molecule has 4 aliphatic rings. The second-order valence-electron chi connectivity index (χ2n) is 11.4. The Kier molecular flexibility index (Phi) is 7.00. The summed E-state index contributed by atoms with van der Waals surface area (Å²) in [4.78, 5) is 44.3. The Morgan fingerprint density at radius 2 is 1.95 bits per heavy atom. The molecule has 6 rings (SSSR count). The zero-order chi connectivity index (χ0) is 29.9. The van der Waals surface area contributed by atoms with Gasteiger partial charge in [-0.25, -0.2) is 4.68 Å². The Morgan fingerprint density at radius 3 is 2.62 bits per heavy atom. The van der Waals surface area contributed by atoms with Crippen LogP contribution in [0.5, 0.6) is 0 Å². The van der Waals surface area contributed by atoms with Crippen LogP contribution in [0, 0.1) is 17.2 Å². The number of carbonyl (C=O) groups excluding carboxylic acids is 3. The number of carbonyl (C=O) groups is 3. The Bertz CT molecular complexity index is 1480. The number of nitrogens with zero attached hydrogens (tertiary/aromatic N) is 5. The van der Waals surface area contributed by atoms with Crippen LogP contribution in [-0.2, 0) is 15.7 Å². The van der Waals surface area contributed by atoms with Crippen molar-refractivity contribution >= 4 is 23.5 Å². The first-order valence-corrected chi connectivity index (χ1v) is 14.3. The second-order valence-corrected chi connectivity index (χ2v) is 11.4. The highest BCUT2D eigenvalue weighted by Crippen LogP contribution is 2.49. The third kappa shape index (κ3) is 4.62. The number of likely N-dealkylation sites (tertiary alicyclic amines) is 1. The molecule has 2 saturated heterocycles. The first kappa shape index (κ1) is 28.2. The summed E-state index contributed by atoms with van der Waals surface area (Å²) in [5.41, 5.74) is -0.581. The minimum atomic E-state index is -4.64. The number of aromatic nitrogens is 2. The maximum absolute atomic E-state index is 14.1. The van der Waals surface area contributed by atoms with Gasteiger partial charge in [0.05, 0.1) is 17.7 Å². The van der Waals surface area contributed by atoms with Crippen LogP contribution in [-0.4, -0.2) is 70.3 Å². The minimum absolute atomic E-state index is 0.0229. The van der Waals surface area contributed by atoms with E-state index in [9.17, 15) is 32.8 Å². The van der Waals surface area contributed by atoms with Crippen molar-refractivity contribution in [1.82, 2.24) is 20.0 Å². The van der Waals surface area contributed by atoms with Gasteiger partial charge in [-0.1, -0.05) is 13.0 Å². The molecular formula is C29H31F3N6O4. The Labute approximate surface area is 240 Å². The van der Waals surface area contributed by atoms with Crippen LogP contribution in [0.25, 0.3) is 0 Å². The van der Waals surface area contributed by atoms with Crippen molar-refractivity contribution in [3.8, 4) is 6.07 Å². The zero-order valence-electron chi connectivity index (χ0n) is 23.2. The molecule has 0 radical (unpaired) electrons. The summed E-state index contributed by atoms with van der Waals surface area (Å²) in [5, 5.41) is 17.2. The van der Waals surface area contributed by atoms with Crippen LogP contribution >= 0.6 is 0 Å². The molecule has 10 nitrogen and oxygen atoms in total. The number of fused-ring (bicyclic) bond motifs is 2. The smallest absolute Gasteiger partial charge is 0.381 e. The standard InChI is InChI=1S/C29H31F3N6O4/c1-3-36-26-22(15(2)23(27(36)40)34-25(39)16-5-4-6-18(11-16)29(30,31)32)24(35-38(26)19-7-9-42-10-8-19)28(41)37-20(14-33)12-17-13-21(17)37/h4-6,11,15,17,19-21,23H,3,7-10,12-13H2,1-2H3,(H,34,39)/t15-,17-,20-,21+,23-/m0/s1. The number of hydrogen-bond acceptors (Lipinski definition) is 6. The third-order valence-corrected chi connectivity index (χ3v) is 8.95. The van der Waals surface area contributed by atoms with Gasteiger partial charge in [0.1, 0.15) is 17.9 Å². The fourth-order valence-electron chi connectivity index (χ4n) is 6.66. The van der Waals surface area contributed by atoms with Crippen LogP contribution in [0.2, 0.25) is 0 Å². The van der Waals surface area contributed by atoms with Crippen molar-refractivity contribution in [2.45, 2.75) is 75.8 Å². The summed E-state index contributed by atoms with van der Waals surface area (Å²) >= 11 is 0. The lowest BCUT2D eigenvalue weighted by Crippen LogP contribution is -2.55. The van der Waals surface area contributed by atoms with E-state index in [1.807, 2.05) is 0 Å². The molecule has 1 aromatic carbocycles. The number of hydrogen-bond donors (Lipinski definition) is 1. The maximum Gasteiger partial charge on any atom is 0.416 e. The molecule has 13 heteroatoms. The average Bonchev–Trinajstić information content (AvgIpc) is 3.47. The van der Waals surface area contributed by atoms with E-state index in [0.717, 1.165) is 24.6 Å². The fraction of sp³-hybridized carbons (Fsp3) is 0.552. The molecule has 4 heterocycles. The molecule has 2 aromatic rings. The zero-order valence-corrected chi connectivity index (χ0v) is 23.2. The van der Waals surface area contributed by atoms with Crippen molar-refractivity contribution in [2.24, 2.45) is 5.92 Å². The number of anilines is 1. The van der Waals surface area contributed by atoms with E-state index in [4.69, 9.17) is 9.84 Å². The number of halogens is 3. The van der Waals surface area contributed by atoms with Crippen LogP contribution < -0.4 is 10.2 Å². The molecule has 0 unspecified atom stereocenters. The van der Waals surface area contributed by atoms with E-state index in [2.05, 4.69) is 11.4 Å². The first-order valence-electron chi connectivity index (χ1n) is 14.3. The van der Waals surface area contributed by atoms with Gasteiger partial charge >= 0.3 is 6.18 Å². The monoisotopic (exact) mass is 584 g/mol. The lowest BCUT2D eigenvalue weighted by atomic mass is 9.87. The molecule has 3 fully saturated rings. The van der Waals surface area contributed by atoms with E-state index in [1.165, 1.54) is 11.0 Å². The number of ether oxygens (including phenoxy) is 1. The van der Waals surface area contributed by atoms with Gasteiger partial charge in [0.25, 0.3) is 17.7 Å². The molecule has 5 atom stereocenters. The molecule has 1 N–H and O–H groups in total. The molecule has 3 amide bonds. The fourth-order valence-corrected chi connectivity index (χ4v) is 6.66. The number of rotatable bonds is 5. The molecule has 1 saturated carbocycles. The molecule has 42 heavy (non-hydrogen) atoms. The van der Waals surface area contributed by atoms with E-state index >= 15 is 0 Å². The second kappa shape index (κ2) is 10.4. The highest BCUT2D eigenvalue weighted by Gasteiger charge is 2.56. The lowest BCUT2D eigenvalue weighted by Gasteiger charge is -2.38. The summed E-state index contributed by atoms with van der Waals surface area (Å²) in [6.07, 6.45) is -1.93. The summed E-state index contributed by atoms with van der Waals surface area (Å²) in [7, 11) is 0. The van der Waals surface area contributed by atoms with E-state index < -0.39 is 41.6 Å². The van der Waals surface area contributed by atoms with Crippen LogP contribution in [0.1, 0.15) is 83.5 Å². The summed E-state index contributed by atoms with van der Waals surface area (Å²) in [5.74, 6) is -1.61. The van der Waals surface area contributed by atoms with Crippen molar-refractivity contribution in [3.63, 3.8) is 0 Å². The van der Waals surface area contributed by atoms with Crippen molar-refractivity contribution in [2.75, 3.05) is 24.7 Å². The van der Waals surface area contributed by atoms with Crippen LogP contribution in [0.4, 0.5) is 19.0 Å². The number of piperidine rings is 1. The van der Waals surface area contributed by atoms with Crippen molar-refractivity contribution in [3.05, 3.63) is 46.6 Å². The number of nitriles is 1. The Balaban J connectivity index is 1.40. The highest BCUT2D eigenvalue weighted by molar-refractivity contribution is 6.07. The van der Waals surface area contributed by atoms with Gasteiger partial charge < -0.3 is 15.0 Å². The summed E-state index contributed by atoms with van der Waals surface area (Å²) in [6.45, 7) is 4.69. The van der Waals surface area contributed by atoms with E-state index in [-0.39, 0.29) is 41.7 Å². The quantitative estimate of drug-likeness (QED) is 0.573. The van der Waals surface area contributed by atoms with Crippen LogP contribution in [0.15, 0.2) is 24.3 Å². The van der Waals surface area contributed by atoms with Crippen LogP contribution in [0.3, 0.4) is 0 Å². The van der Waals surface area contributed by atoms with Crippen molar-refractivity contribution in [1.29, 1.82) is 5.26 Å². The van der Waals surface area contributed by atoms with Gasteiger partial charge in [-0.3, -0.25) is 19.3 Å². The van der Waals surface area contributed by atoms with Crippen molar-refractivity contribution < 1.29 is 32.3 Å². The molecule has 222 valence electrons. The Hall–Kier alpha value is -3.92. The predicted octanol–water partition coefficient (Wildman–Crippen LogP) is 3.65. The normalized spacial score (nSPS) is 27.3. The molecule has 0 bridgehead atoms. The molecule has 1 aromatic heterocycles. The molecular weight excluding hydrogens is 553 g/mol. The van der Waals surface area contributed by atoms with Gasteiger partial charge in [0.2, 0.25) is 0 Å². The van der Waals surface area contributed by atoms with Gasteiger partial charge in [0, 0.05) is 42.8 Å². The molecule has 0 spiro atoms. The number of benzene rings is 1. The SMILES string of the molecule is CCN1C(=O)[C@@H](NC(=O)c2cccc(C(F)(F)F)c2)[C@@H](C)c2c(C(=O)N3[C@H](C#N)C[C@H]4C[C@H]43)nn(C3CCOCC3)c21. The topological polar surface area (TPSA) is 121 Å². The number of amides is 3. The minimum Gasteiger partial charge on any atom is -0.381 e. The Morgan fingerprint density at radius 1 is 1.21 bits per heavy atom. The summed E-state index contributed by atoms with van der Waals surface area (Å²) < 4.78 is 47.2. The van der Waals surface area contributed by atoms with Gasteiger partial charge in [-0.2, -0.15) is 23.5 Å².